The third-order valence-electron chi connectivity index (χ3n) is 2.71. The molecule has 0 bridgehead atoms. The van der Waals surface area contributed by atoms with Crippen LogP contribution in [0, 0.1) is 0 Å². The number of fused-ring (bicyclic) bond motifs is 1. The van der Waals surface area contributed by atoms with Gasteiger partial charge in [0.15, 0.2) is 17.2 Å². The second kappa shape index (κ2) is 5.96. The van der Waals surface area contributed by atoms with E-state index in [1.807, 2.05) is 0 Å². The van der Waals surface area contributed by atoms with E-state index in [-0.39, 0.29) is 11.5 Å². The van der Waals surface area contributed by atoms with Gasteiger partial charge < -0.3 is 15.0 Å². The van der Waals surface area contributed by atoms with E-state index in [1.54, 1.807) is 6.07 Å². The van der Waals surface area contributed by atoms with Crippen molar-refractivity contribution in [3.8, 4) is 5.75 Å². The van der Waals surface area contributed by atoms with E-state index in [0.29, 0.717) is 20.1 Å². The lowest BCUT2D eigenvalue weighted by Crippen LogP contribution is -2.18. The lowest BCUT2D eigenvalue weighted by atomic mass is 10.3. The number of H-pyrrole nitrogens is 1. The first-order valence-electron chi connectivity index (χ1n) is 5.99. The molecule has 3 rings (SSSR count). The van der Waals surface area contributed by atoms with E-state index < -0.39 is 12.1 Å². The smallest absolute Gasteiger partial charge is 0.403 e. The third-order valence-corrected chi connectivity index (χ3v) is 3.79. The number of nitrogens with one attached hydrogen (secondary N) is 2. The number of hydrogen-bond donors (Lipinski definition) is 2. The molecule has 2 heterocycles. The van der Waals surface area contributed by atoms with E-state index in [1.165, 1.54) is 18.7 Å². The molecule has 0 aliphatic carbocycles. The van der Waals surface area contributed by atoms with Crippen LogP contribution in [0.2, 0.25) is 0 Å². The fraction of sp³-hybridized carbons (Fsp3) is 0.0833. The Labute approximate surface area is 143 Å². The predicted octanol–water partition coefficient (Wildman–Crippen LogP) is 4.52. The normalized spacial score (nSPS) is 11.7. The molecule has 0 radical (unpaired) electrons. The molecular formula is C12H6Br2F3N5O. The van der Waals surface area contributed by atoms with Gasteiger partial charge in [0.05, 0.1) is 12.0 Å². The van der Waals surface area contributed by atoms with E-state index in [9.17, 15) is 13.2 Å². The van der Waals surface area contributed by atoms with E-state index >= 15 is 0 Å². The number of anilines is 2. The summed E-state index contributed by atoms with van der Waals surface area (Å²) in [5.74, 6) is -0.146. The van der Waals surface area contributed by atoms with Crippen molar-refractivity contribution in [2.45, 2.75) is 6.36 Å². The molecule has 0 spiro atoms. The van der Waals surface area contributed by atoms with Crippen LogP contribution in [-0.4, -0.2) is 26.3 Å². The van der Waals surface area contributed by atoms with Crippen LogP contribution in [0.1, 0.15) is 0 Å². The Morgan fingerprint density at radius 3 is 2.65 bits per heavy atom. The van der Waals surface area contributed by atoms with Gasteiger partial charge >= 0.3 is 6.36 Å². The first-order chi connectivity index (χ1) is 10.8. The second-order valence-corrected chi connectivity index (χ2v) is 6.03. The van der Waals surface area contributed by atoms with Gasteiger partial charge in [0.1, 0.15) is 11.8 Å². The molecule has 120 valence electrons. The lowest BCUT2D eigenvalue weighted by molar-refractivity contribution is -0.274. The molecule has 0 atom stereocenters. The van der Waals surface area contributed by atoms with Gasteiger partial charge in [-0.05, 0) is 28.1 Å². The Kier molecular flexibility index (Phi) is 4.15. The average molecular weight is 453 g/mol. The summed E-state index contributed by atoms with van der Waals surface area (Å²) >= 11 is 6.34. The minimum atomic E-state index is -4.83. The van der Waals surface area contributed by atoms with E-state index in [0.717, 1.165) is 0 Å². The largest absolute Gasteiger partial charge is 0.573 e. The Bertz CT molecular complexity index is 868. The highest BCUT2D eigenvalue weighted by Crippen LogP contribution is 2.40. The number of nitrogens with zero attached hydrogens (tertiary/aromatic N) is 3. The fourth-order valence-electron chi connectivity index (χ4n) is 1.85. The van der Waals surface area contributed by atoms with Gasteiger partial charge in [-0.3, -0.25) is 0 Å². The summed E-state index contributed by atoms with van der Waals surface area (Å²) < 4.78 is 42.7. The van der Waals surface area contributed by atoms with Gasteiger partial charge in [0.25, 0.3) is 0 Å². The average Bonchev–Trinajstić information content (AvgIpc) is 2.90. The zero-order chi connectivity index (χ0) is 16.6. The number of benzene rings is 1. The molecule has 2 N–H and O–H groups in total. The van der Waals surface area contributed by atoms with Crippen molar-refractivity contribution in [3.05, 3.63) is 33.7 Å². The molecule has 3 aromatic rings. The number of ether oxygens (including phenoxy) is 1. The molecule has 0 unspecified atom stereocenters. The van der Waals surface area contributed by atoms with Crippen LogP contribution in [0.3, 0.4) is 0 Å². The lowest BCUT2D eigenvalue weighted by Gasteiger charge is -2.16. The van der Waals surface area contributed by atoms with Crippen molar-refractivity contribution >= 4 is 54.5 Å². The van der Waals surface area contributed by atoms with Crippen molar-refractivity contribution in [1.29, 1.82) is 0 Å². The van der Waals surface area contributed by atoms with Crippen LogP contribution < -0.4 is 10.1 Å². The molecule has 0 fully saturated rings. The maximum atomic E-state index is 12.6. The maximum absolute atomic E-state index is 12.6. The van der Waals surface area contributed by atoms with Gasteiger partial charge in [-0.2, -0.15) is 0 Å². The summed E-state index contributed by atoms with van der Waals surface area (Å²) in [5.41, 5.74) is 0.912. The first kappa shape index (κ1) is 16.0. The van der Waals surface area contributed by atoms with Crippen LogP contribution in [-0.2, 0) is 0 Å². The van der Waals surface area contributed by atoms with Crippen LogP contribution in [0.4, 0.5) is 24.7 Å². The van der Waals surface area contributed by atoms with Crippen molar-refractivity contribution in [2.24, 2.45) is 0 Å². The number of aromatic amines is 1. The quantitative estimate of drug-likeness (QED) is 0.611. The highest BCUT2D eigenvalue weighted by Gasteiger charge is 2.33. The Morgan fingerprint density at radius 2 is 1.91 bits per heavy atom. The molecule has 0 amide bonds. The SMILES string of the molecule is FC(F)(F)Oc1cc(Br)cc(Br)c1Nc1ncnc2nc[nH]c12. The van der Waals surface area contributed by atoms with Gasteiger partial charge in [0.2, 0.25) is 0 Å². The molecule has 0 aliphatic rings. The summed E-state index contributed by atoms with van der Waals surface area (Å²) in [6, 6.07) is 2.78. The Balaban J connectivity index is 2.07. The van der Waals surface area contributed by atoms with Gasteiger partial charge in [-0.15, -0.1) is 13.2 Å². The molecule has 0 aliphatic heterocycles. The van der Waals surface area contributed by atoms with Crippen LogP contribution in [0.15, 0.2) is 33.7 Å². The Morgan fingerprint density at radius 1 is 1.13 bits per heavy atom. The van der Waals surface area contributed by atoms with Crippen molar-refractivity contribution in [3.63, 3.8) is 0 Å². The minimum Gasteiger partial charge on any atom is -0.403 e. The van der Waals surface area contributed by atoms with Crippen LogP contribution in [0.5, 0.6) is 5.75 Å². The van der Waals surface area contributed by atoms with Gasteiger partial charge in [-0.25, -0.2) is 15.0 Å². The van der Waals surface area contributed by atoms with Crippen molar-refractivity contribution < 1.29 is 17.9 Å². The number of aromatic nitrogens is 4. The standard InChI is InChI=1S/C12H6Br2F3N5O/c13-5-1-6(14)8(7(2-5)23-12(15,16)17)22-11-9-10(19-3-18-9)20-4-21-11/h1-4H,(H2,18,19,20,21,22). The molecule has 1 aromatic carbocycles. The van der Waals surface area contributed by atoms with Crippen molar-refractivity contribution in [1.82, 2.24) is 19.9 Å². The Hall–Kier alpha value is -1.88. The van der Waals surface area contributed by atoms with Crippen LogP contribution >= 0.6 is 31.9 Å². The number of imidazole rings is 1. The fourth-order valence-corrected chi connectivity index (χ4v) is 3.14. The molecule has 6 nitrogen and oxygen atoms in total. The van der Waals surface area contributed by atoms with Gasteiger partial charge in [-0.1, -0.05) is 15.9 Å². The van der Waals surface area contributed by atoms with E-state index in [4.69, 9.17) is 0 Å². The summed E-state index contributed by atoms with van der Waals surface area (Å²) in [4.78, 5) is 14.7. The summed E-state index contributed by atoms with van der Waals surface area (Å²) in [7, 11) is 0. The predicted molar refractivity (Wildman–Crippen MR) is 83.5 cm³/mol. The van der Waals surface area contributed by atoms with Crippen LogP contribution in [0.25, 0.3) is 11.2 Å². The molecule has 23 heavy (non-hydrogen) atoms. The molecule has 0 saturated heterocycles. The summed E-state index contributed by atoms with van der Waals surface area (Å²) in [6.45, 7) is 0. The zero-order valence-electron chi connectivity index (χ0n) is 10.9. The zero-order valence-corrected chi connectivity index (χ0v) is 14.1. The van der Waals surface area contributed by atoms with E-state index in [2.05, 4.69) is 61.8 Å². The minimum absolute atomic E-state index is 0.0696. The number of halogens is 5. The topological polar surface area (TPSA) is 75.7 Å². The monoisotopic (exact) mass is 451 g/mol. The first-order valence-corrected chi connectivity index (χ1v) is 7.58. The highest BCUT2D eigenvalue weighted by molar-refractivity contribution is 9.11. The summed E-state index contributed by atoms with van der Waals surface area (Å²) in [6.07, 6.45) is -2.16. The number of rotatable bonds is 3. The number of alkyl halides is 3. The summed E-state index contributed by atoms with van der Waals surface area (Å²) in [5, 5.41) is 2.80. The molecular weight excluding hydrogens is 447 g/mol. The molecule has 2 aromatic heterocycles. The van der Waals surface area contributed by atoms with Crippen molar-refractivity contribution in [2.75, 3.05) is 5.32 Å². The molecule has 11 heteroatoms. The van der Waals surface area contributed by atoms with Gasteiger partial charge in [0, 0.05) is 8.95 Å². The highest BCUT2D eigenvalue weighted by atomic mass is 79.9. The second-order valence-electron chi connectivity index (χ2n) is 4.26. The number of hydrogen-bond acceptors (Lipinski definition) is 5. The molecule has 0 saturated carbocycles. The third kappa shape index (κ3) is 3.55. The maximum Gasteiger partial charge on any atom is 0.573 e.